The van der Waals surface area contributed by atoms with Gasteiger partial charge in [0.25, 0.3) is 0 Å². The van der Waals surface area contributed by atoms with Gasteiger partial charge in [-0.25, -0.2) is 4.39 Å². The van der Waals surface area contributed by atoms with Crippen molar-refractivity contribution in [2.75, 3.05) is 7.05 Å². The average Bonchev–Trinajstić information content (AvgIpc) is 2.49. The number of halogens is 2. The summed E-state index contributed by atoms with van der Waals surface area (Å²) in [6.07, 6.45) is 1.03. The van der Waals surface area contributed by atoms with Gasteiger partial charge in [-0.2, -0.15) is 0 Å². The van der Waals surface area contributed by atoms with E-state index >= 15 is 0 Å². The molecule has 0 aliphatic rings. The monoisotopic (exact) mass is 307 g/mol. The number of nitrogens with one attached hydrogen (secondary N) is 1. The zero-order valence-electron chi connectivity index (χ0n) is 12.2. The summed E-state index contributed by atoms with van der Waals surface area (Å²) in [5.41, 5.74) is 2.00. The number of hydrogen-bond donors (Lipinski definition) is 1. The molecule has 112 valence electrons. The van der Waals surface area contributed by atoms with Crippen LogP contribution >= 0.6 is 11.6 Å². The van der Waals surface area contributed by atoms with Crippen LogP contribution in [0.4, 0.5) is 4.39 Å². The van der Waals surface area contributed by atoms with Crippen molar-refractivity contribution >= 4 is 11.6 Å². The van der Waals surface area contributed by atoms with E-state index in [0.29, 0.717) is 17.7 Å². The van der Waals surface area contributed by atoms with Gasteiger partial charge in [0.2, 0.25) is 0 Å². The van der Waals surface area contributed by atoms with E-state index in [2.05, 4.69) is 12.2 Å². The summed E-state index contributed by atoms with van der Waals surface area (Å²) in [5.74, 6) is 0.427. The van der Waals surface area contributed by atoms with E-state index in [9.17, 15) is 4.39 Å². The topological polar surface area (TPSA) is 21.3 Å². The Balaban J connectivity index is 2.00. The van der Waals surface area contributed by atoms with Gasteiger partial charge in [0, 0.05) is 11.6 Å². The molecule has 1 N–H and O–H groups in total. The highest BCUT2D eigenvalue weighted by Gasteiger charge is 2.07. The second kappa shape index (κ2) is 7.43. The first-order valence-electron chi connectivity index (χ1n) is 6.98. The highest BCUT2D eigenvalue weighted by Crippen LogP contribution is 2.22. The van der Waals surface area contributed by atoms with Crippen LogP contribution in [-0.4, -0.2) is 7.05 Å². The van der Waals surface area contributed by atoms with Crippen LogP contribution in [-0.2, 0) is 6.61 Å². The Bertz CT molecular complexity index is 582. The molecule has 0 saturated heterocycles. The fourth-order valence-electron chi connectivity index (χ4n) is 2.20. The summed E-state index contributed by atoms with van der Waals surface area (Å²) in [7, 11) is 1.95. The van der Waals surface area contributed by atoms with E-state index < -0.39 is 0 Å². The lowest BCUT2D eigenvalue weighted by Crippen LogP contribution is -2.14. The Kier molecular flexibility index (Phi) is 5.59. The SMILES string of the molecule is CCC(NC)c1ccc(OCc2ccc(F)cc2Cl)cc1. The Morgan fingerprint density at radius 2 is 1.90 bits per heavy atom. The maximum Gasteiger partial charge on any atom is 0.124 e. The number of benzene rings is 2. The highest BCUT2D eigenvalue weighted by atomic mass is 35.5. The van der Waals surface area contributed by atoms with E-state index in [1.165, 1.54) is 17.7 Å². The van der Waals surface area contributed by atoms with Crippen LogP contribution in [0.25, 0.3) is 0 Å². The molecule has 0 amide bonds. The van der Waals surface area contributed by atoms with Gasteiger partial charge >= 0.3 is 0 Å². The predicted octanol–water partition coefficient (Wildman–Crippen LogP) is 4.73. The van der Waals surface area contributed by atoms with Gasteiger partial charge in [0.15, 0.2) is 0 Å². The third kappa shape index (κ3) is 4.19. The fourth-order valence-corrected chi connectivity index (χ4v) is 2.42. The van der Waals surface area contributed by atoms with Gasteiger partial charge in [0.05, 0.1) is 5.02 Å². The van der Waals surface area contributed by atoms with Crippen LogP contribution in [0.2, 0.25) is 5.02 Å². The summed E-state index contributed by atoms with van der Waals surface area (Å²) in [5, 5.41) is 3.65. The summed E-state index contributed by atoms with van der Waals surface area (Å²) in [6, 6.07) is 12.6. The average molecular weight is 308 g/mol. The molecule has 2 aromatic rings. The molecule has 0 aliphatic carbocycles. The summed E-state index contributed by atoms with van der Waals surface area (Å²) in [4.78, 5) is 0. The molecule has 0 heterocycles. The minimum absolute atomic E-state index is 0.321. The van der Waals surface area contributed by atoms with Crippen LogP contribution in [0.3, 0.4) is 0 Å². The molecule has 1 unspecified atom stereocenters. The smallest absolute Gasteiger partial charge is 0.124 e. The molecule has 0 aliphatic heterocycles. The van der Waals surface area contributed by atoms with Crippen molar-refractivity contribution in [2.24, 2.45) is 0 Å². The maximum atomic E-state index is 13.0. The van der Waals surface area contributed by atoms with Crippen LogP contribution < -0.4 is 10.1 Å². The van der Waals surface area contributed by atoms with E-state index in [0.717, 1.165) is 17.7 Å². The number of rotatable bonds is 6. The molecule has 4 heteroatoms. The van der Waals surface area contributed by atoms with Crippen LogP contribution in [0.5, 0.6) is 5.75 Å². The molecule has 0 aromatic heterocycles. The first-order chi connectivity index (χ1) is 10.1. The Hall–Kier alpha value is -1.58. The molecule has 0 bridgehead atoms. The highest BCUT2D eigenvalue weighted by molar-refractivity contribution is 6.31. The molecule has 0 radical (unpaired) electrons. The van der Waals surface area contributed by atoms with E-state index in [1.807, 2.05) is 31.3 Å². The molecule has 2 nitrogen and oxygen atoms in total. The predicted molar refractivity (Wildman–Crippen MR) is 84.3 cm³/mol. The van der Waals surface area contributed by atoms with E-state index in [1.54, 1.807) is 6.07 Å². The number of ether oxygens (including phenoxy) is 1. The zero-order chi connectivity index (χ0) is 15.2. The standard InChI is InChI=1S/C17H19ClFNO/c1-3-17(20-2)12-5-8-15(9-6-12)21-11-13-4-7-14(19)10-16(13)18/h4-10,17,20H,3,11H2,1-2H3. The molecule has 0 fully saturated rings. The van der Waals surface area contributed by atoms with Crippen molar-refractivity contribution < 1.29 is 9.13 Å². The van der Waals surface area contributed by atoms with Crippen LogP contribution in [0, 0.1) is 5.82 Å². The first kappa shape index (κ1) is 15.8. The van der Waals surface area contributed by atoms with Crippen molar-refractivity contribution in [3.63, 3.8) is 0 Å². The fraction of sp³-hybridized carbons (Fsp3) is 0.294. The van der Waals surface area contributed by atoms with Gasteiger partial charge in [0.1, 0.15) is 18.2 Å². The van der Waals surface area contributed by atoms with Crippen molar-refractivity contribution in [1.82, 2.24) is 5.32 Å². The van der Waals surface area contributed by atoms with Crippen molar-refractivity contribution in [1.29, 1.82) is 0 Å². The summed E-state index contributed by atoms with van der Waals surface area (Å²) in [6.45, 7) is 2.46. The lowest BCUT2D eigenvalue weighted by Gasteiger charge is -2.15. The second-order valence-corrected chi connectivity index (χ2v) is 5.25. The minimum Gasteiger partial charge on any atom is -0.489 e. The molecule has 0 spiro atoms. The summed E-state index contributed by atoms with van der Waals surface area (Å²) < 4.78 is 18.7. The molecule has 21 heavy (non-hydrogen) atoms. The first-order valence-corrected chi connectivity index (χ1v) is 7.35. The van der Waals surface area contributed by atoms with Crippen LogP contribution in [0.15, 0.2) is 42.5 Å². The lowest BCUT2D eigenvalue weighted by molar-refractivity contribution is 0.306. The number of hydrogen-bond acceptors (Lipinski definition) is 2. The molecule has 1 atom stereocenters. The van der Waals surface area contributed by atoms with Crippen molar-refractivity contribution in [3.8, 4) is 5.75 Å². The molecule has 2 rings (SSSR count). The third-order valence-corrected chi connectivity index (χ3v) is 3.80. The molecule has 0 saturated carbocycles. The minimum atomic E-state index is -0.342. The molecule has 2 aromatic carbocycles. The largest absolute Gasteiger partial charge is 0.489 e. The van der Waals surface area contributed by atoms with Crippen molar-refractivity contribution in [3.05, 3.63) is 64.4 Å². The van der Waals surface area contributed by atoms with E-state index in [4.69, 9.17) is 16.3 Å². The maximum absolute atomic E-state index is 13.0. The molecular formula is C17H19ClFNO. The quantitative estimate of drug-likeness (QED) is 0.833. The zero-order valence-corrected chi connectivity index (χ0v) is 13.0. The van der Waals surface area contributed by atoms with Gasteiger partial charge in [-0.3, -0.25) is 0 Å². The summed E-state index contributed by atoms with van der Waals surface area (Å²) >= 11 is 5.97. The van der Waals surface area contributed by atoms with Gasteiger partial charge in [-0.15, -0.1) is 0 Å². The van der Waals surface area contributed by atoms with Crippen LogP contribution in [0.1, 0.15) is 30.5 Å². The van der Waals surface area contributed by atoms with Gasteiger partial charge in [-0.1, -0.05) is 36.7 Å². The van der Waals surface area contributed by atoms with Gasteiger partial charge in [-0.05, 0) is 43.3 Å². The Labute approximate surface area is 129 Å². The normalized spacial score (nSPS) is 12.2. The van der Waals surface area contributed by atoms with Gasteiger partial charge < -0.3 is 10.1 Å². The third-order valence-electron chi connectivity index (χ3n) is 3.45. The second-order valence-electron chi connectivity index (χ2n) is 4.84. The lowest BCUT2D eigenvalue weighted by atomic mass is 10.0. The van der Waals surface area contributed by atoms with Crippen molar-refractivity contribution in [2.45, 2.75) is 26.0 Å². The Morgan fingerprint density at radius 1 is 1.19 bits per heavy atom. The molecular weight excluding hydrogens is 289 g/mol. The van der Waals surface area contributed by atoms with E-state index in [-0.39, 0.29) is 5.82 Å². The Morgan fingerprint density at radius 3 is 2.48 bits per heavy atom.